The maximum atomic E-state index is 13.2. The Morgan fingerprint density at radius 1 is 1.15 bits per heavy atom. The number of fused-ring (bicyclic) bond motifs is 1. The Morgan fingerprint density at radius 2 is 1.85 bits per heavy atom. The number of aliphatic hydroxyl groups excluding tert-OH is 1. The molecule has 2 aromatic carbocycles. The standard InChI is InChI=1S/C25H25ClN2O5/c1-5-10-28-22(20-13(2)27-17-9-7-6-8-14(17)20)21(24(30)25(28)31)23(29)15-11-16(26)19(33-4)12-18(15)32-3/h6-9,11-12,22,27,29H,5,10H2,1-4H3/b23-21+. The van der Waals surface area contributed by atoms with Crippen molar-refractivity contribution in [2.24, 2.45) is 0 Å². The maximum absolute atomic E-state index is 13.2. The number of H-pyrrole nitrogens is 1. The van der Waals surface area contributed by atoms with E-state index in [0.29, 0.717) is 18.7 Å². The topological polar surface area (TPSA) is 91.9 Å². The molecule has 172 valence electrons. The summed E-state index contributed by atoms with van der Waals surface area (Å²) in [5, 5.41) is 12.5. The van der Waals surface area contributed by atoms with Crippen molar-refractivity contribution >= 4 is 40.0 Å². The second-order valence-corrected chi connectivity index (χ2v) is 8.30. The van der Waals surface area contributed by atoms with Gasteiger partial charge in [-0.2, -0.15) is 0 Å². The van der Waals surface area contributed by atoms with Crippen LogP contribution >= 0.6 is 11.6 Å². The molecule has 0 radical (unpaired) electrons. The zero-order chi connectivity index (χ0) is 23.9. The monoisotopic (exact) mass is 468 g/mol. The summed E-state index contributed by atoms with van der Waals surface area (Å²) in [4.78, 5) is 31.2. The highest BCUT2D eigenvalue weighted by molar-refractivity contribution is 6.46. The van der Waals surface area contributed by atoms with Crippen LogP contribution in [-0.4, -0.2) is 47.4 Å². The van der Waals surface area contributed by atoms with E-state index >= 15 is 0 Å². The number of nitrogens with zero attached hydrogens (tertiary/aromatic N) is 1. The van der Waals surface area contributed by atoms with Gasteiger partial charge in [0.1, 0.15) is 17.3 Å². The lowest BCUT2D eigenvalue weighted by atomic mass is 9.93. The molecule has 1 atom stereocenters. The molecule has 1 aliphatic rings. The van der Waals surface area contributed by atoms with Crippen LogP contribution in [0.5, 0.6) is 11.5 Å². The average molecular weight is 469 g/mol. The molecule has 2 heterocycles. The van der Waals surface area contributed by atoms with Crippen molar-refractivity contribution in [3.05, 3.63) is 63.8 Å². The molecular weight excluding hydrogens is 444 g/mol. The van der Waals surface area contributed by atoms with Gasteiger partial charge in [-0.25, -0.2) is 0 Å². The number of rotatable bonds is 6. The number of methoxy groups -OCH3 is 2. The van der Waals surface area contributed by atoms with Crippen molar-refractivity contribution in [1.82, 2.24) is 9.88 Å². The second kappa shape index (κ2) is 8.83. The molecule has 3 aromatic rings. The minimum atomic E-state index is -0.758. The first-order valence-corrected chi connectivity index (χ1v) is 11.0. The number of hydrogen-bond donors (Lipinski definition) is 2. The molecule has 1 amide bonds. The summed E-state index contributed by atoms with van der Waals surface area (Å²) in [6.07, 6.45) is 0.655. The Kier molecular flexibility index (Phi) is 6.08. The van der Waals surface area contributed by atoms with Gasteiger partial charge >= 0.3 is 0 Å². The molecule has 1 saturated heterocycles. The van der Waals surface area contributed by atoms with Gasteiger partial charge < -0.3 is 24.5 Å². The largest absolute Gasteiger partial charge is 0.507 e. The third kappa shape index (κ3) is 3.62. The smallest absolute Gasteiger partial charge is 0.295 e. The Hall–Kier alpha value is -3.45. The van der Waals surface area contributed by atoms with Crippen LogP contribution in [0.4, 0.5) is 0 Å². The summed E-state index contributed by atoms with van der Waals surface area (Å²) in [5.74, 6) is -1.11. The van der Waals surface area contributed by atoms with Gasteiger partial charge in [0.25, 0.3) is 11.7 Å². The Labute approximate surface area is 196 Å². The van der Waals surface area contributed by atoms with Crippen molar-refractivity contribution in [3.8, 4) is 11.5 Å². The maximum Gasteiger partial charge on any atom is 0.295 e. The number of aromatic nitrogens is 1. The Balaban J connectivity index is 2.02. The van der Waals surface area contributed by atoms with Gasteiger partial charge in [-0.1, -0.05) is 36.7 Å². The lowest BCUT2D eigenvalue weighted by Crippen LogP contribution is -2.30. The molecule has 7 nitrogen and oxygen atoms in total. The van der Waals surface area contributed by atoms with Crippen molar-refractivity contribution < 1.29 is 24.2 Å². The number of halogens is 1. The molecule has 2 N–H and O–H groups in total. The quantitative estimate of drug-likeness (QED) is 0.302. The number of likely N-dealkylation sites (tertiary alicyclic amines) is 1. The van der Waals surface area contributed by atoms with E-state index in [0.717, 1.165) is 22.2 Å². The number of aryl methyl sites for hydroxylation is 1. The normalized spacial score (nSPS) is 17.7. The van der Waals surface area contributed by atoms with E-state index < -0.39 is 17.7 Å². The lowest BCUT2D eigenvalue weighted by Gasteiger charge is -2.25. The van der Waals surface area contributed by atoms with E-state index in [2.05, 4.69) is 4.98 Å². The fourth-order valence-corrected chi connectivity index (χ4v) is 4.73. The van der Waals surface area contributed by atoms with Crippen LogP contribution < -0.4 is 9.47 Å². The number of aromatic amines is 1. The molecule has 8 heteroatoms. The summed E-state index contributed by atoms with van der Waals surface area (Å²) in [6, 6.07) is 9.93. The van der Waals surface area contributed by atoms with Crippen molar-refractivity contribution in [3.63, 3.8) is 0 Å². The Morgan fingerprint density at radius 3 is 2.52 bits per heavy atom. The highest BCUT2D eigenvalue weighted by atomic mass is 35.5. The molecule has 1 unspecified atom stereocenters. The molecule has 1 fully saturated rings. The summed E-state index contributed by atoms with van der Waals surface area (Å²) in [7, 11) is 2.91. The number of para-hydroxylation sites is 1. The van der Waals surface area contributed by atoms with E-state index in [9.17, 15) is 14.7 Å². The van der Waals surface area contributed by atoms with Gasteiger partial charge in [-0.05, 0) is 25.5 Å². The molecule has 4 rings (SSSR count). The second-order valence-electron chi connectivity index (χ2n) is 7.89. The molecule has 1 aromatic heterocycles. The van der Waals surface area contributed by atoms with Crippen LogP contribution in [0.1, 0.15) is 36.2 Å². The third-order valence-corrected chi connectivity index (χ3v) is 6.25. The molecule has 0 spiro atoms. The van der Waals surface area contributed by atoms with E-state index in [1.807, 2.05) is 38.1 Å². The minimum Gasteiger partial charge on any atom is -0.507 e. The van der Waals surface area contributed by atoms with Gasteiger partial charge in [-0.15, -0.1) is 0 Å². The first-order valence-electron chi connectivity index (χ1n) is 10.6. The molecule has 33 heavy (non-hydrogen) atoms. The first kappa shape index (κ1) is 22.7. The van der Waals surface area contributed by atoms with Crippen molar-refractivity contribution in [2.45, 2.75) is 26.3 Å². The molecular formula is C25H25ClN2O5. The molecule has 0 bridgehead atoms. The number of nitrogens with one attached hydrogen (secondary N) is 1. The molecule has 1 aliphatic heterocycles. The number of benzene rings is 2. The average Bonchev–Trinajstić information content (AvgIpc) is 3.26. The van der Waals surface area contributed by atoms with Gasteiger partial charge in [0, 0.05) is 34.8 Å². The van der Waals surface area contributed by atoms with Crippen molar-refractivity contribution in [2.75, 3.05) is 20.8 Å². The Bertz CT molecular complexity index is 1290. The third-order valence-electron chi connectivity index (χ3n) is 5.95. The number of ketones is 1. The predicted octanol–water partition coefficient (Wildman–Crippen LogP) is 4.98. The van der Waals surface area contributed by atoms with Crippen LogP contribution in [0.25, 0.3) is 16.7 Å². The van der Waals surface area contributed by atoms with E-state index in [4.69, 9.17) is 21.1 Å². The zero-order valence-electron chi connectivity index (χ0n) is 18.9. The lowest BCUT2D eigenvalue weighted by molar-refractivity contribution is -0.139. The number of carbonyl (C=O) groups is 2. The van der Waals surface area contributed by atoms with Gasteiger partial charge in [-0.3, -0.25) is 9.59 Å². The van der Waals surface area contributed by atoms with Crippen LogP contribution in [-0.2, 0) is 9.59 Å². The number of Topliss-reactive ketones (excluding diaryl/α,β-unsaturated/α-hetero) is 1. The fourth-order valence-electron chi connectivity index (χ4n) is 4.49. The number of aliphatic hydroxyl groups is 1. The van der Waals surface area contributed by atoms with Gasteiger partial charge in [0.2, 0.25) is 0 Å². The summed E-state index contributed by atoms with van der Waals surface area (Å²) < 4.78 is 10.7. The summed E-state index contributed by atoms with van der Waals surface area (Å²) >= 11 is 6.31. The molecule has 0 saturated carbocycles. The summed E-state index contributed by atoms with van der Waals surface area (Å²) in [6.45, 7) is 4.20. The van der Waals surface area contributed by atoms with E-state index in [-0.39, 0.29) is 27.7 Å². The van der Waals surface area contributed by atoms with Crippen molar-refractivity contribution in [1.29, 1.82) is 0 Å². The van der Waals surface area contributed by atoms with E-state index in [1.165, 1.54) is 31.3 Å². The highest BCUT2D eigenvalue weighted by Gasteiger charge is 2.47. The zero-order valence-corrected chi connectivity index (χ0v) is 19.6. The SMILES string of the molecule is CCCN1C(=O)C(=O)/C(=C(/O)c2cc(Cl)c(OC)cc2OC)C1c1c(C)[nH]c2ccccc12. The fraction of sp³-hybridized carbons (Fsp3) is 0.280. The number of ether oxygens (including phenoxy) is 2. The van der Waals surface area contributed by atoms with Gasteiger partial charge in [0.05, 0.1) is 36.4 Å². The van der Waals surface area contributed by atoms with Crippen LogP contribution in [0.3, 0.4) is 0 Å². The first-order chi connectivity index (χ1) is 15.8. The van der Waals surface area contributed by atoms with Crippen LogP contribution in [0.15, 0.2) is 42.0 Å². The minimum absolute atomic E-state index is 0.000775. The van der Waals surface area contributed by atoms with Crippen LogP contribution in [0.2, 0.25) is 5.02 Å². The van der Waals surface area contributed by atoms with Gasteiger partial charge in [0.15, 0.2) is 0 Å². The number of hydrogen-bond acceptors (Lipinski definition) is 5. The van der Waals surface area contributed by atoms with Crippen LogP contribution in [0, 0.1) is 6.92 Å². The predicted molar refractivity (Wildman–Crippen MR) is 127 cm³/mol. The molecule has 0 aliphatic carbocycles. The number of amides is 1. The van der Waals surface area contributed by atoms with E-state index in [1.54, 1.807) is 0 Å². The summed E-state index contributed by atoms with van der Waals surface area (Å²) in [5.41, 5.74) is 2.69. The highest BCUT2D eigenvalue weighted by Crippen LogP contribution is 2.45. The number of carbonyl (C=O) groups excluding carboxylic acids is 2.